The Bertz CT molecular complexity index is 389. The van der Waals surface area contributed by atoms with Crippen LogP contribution in [0.2, 0.25) is 0 Å². The number of nitrogens with one attached hydrogen (secondary N) is 1. The summed E-state index contributed by atoms with van der Waals surface area (Å²) in [5.41, 5.74) is 0. The number of hydrogen-bond acceptors (Lipinski definition) is 5. The van der Waals surface area contributed by atoms with Crippen molar-refractivity contribution in [2.45, 2.75) is 26.7 Å². The monoisotopic (exact) mass is 280 g/mol. The summed E-state index contributed by atoms with van der Waals surface area (Å²) < 4.78 is 25.4. The van der Waals surface area contributed by atoms with E-state index in [4.69, 9.17) is 14.0 Å². The smallest absolute Gasteiger partial charge is 0.327 e. The minimum absolute atomic E-state index is 0.0408. The van der Waals surface area contributed by atoms with Crippen molar-refractivity contribution in [2.24, 2.45) is 5.92 Å². The maximum Gasteiger partial charge on any atom is 0.327 e. The molecule has 0 heterocycles. The molecule has 1 amide bonds. The van der Waals surface area contributed by atoms with Gasteiger partial charge in [-0.05, 0) is 6.92 Å². The molecular formula is C11H19NO5S. The summed E-state index contributed by atoms with van der Waals surface area (Å²) in [4.78, 5) is 33.6. The molecule has 0 saturated carbocycles. The molecule has 0 aliphatic rings. The third-order valence-electron chi connectivity index (χ3n) is 1.94. The van der Waals surface area contributed by atoms with Crippen LogP contribution in [0, 0.1) is 5.92 Å². The van der Waals surface area contributed by atoms with Gasteiger partial charge in [-0.1, -0.05) is 6.92 Å². The third kappa shape index (κ3) is 7.16. The molecule has 0 aromatic carbocycles. The molecule has 6 nitrogen and oxygen atoms in total. The average Bonchev–Trinajstić information content (AvgIpc) is 2.35. The van der Waals surface area contributed by atoms with E-state index in [-0.39, 0.29) is 18.3 Å². The van der Waals surface area contributed by atoms with E-state index in [1.807, 2.05) is 5.32 Å². The van der Waals surface area contributed by atoms with Crippen molar-refractivity contribution < 1.29 is 28.3 Å². The summed E-state index contributed by atoms with van der Waals surface area (Å²) in [5.74, 6) is -3.17. The summed E-state index contributed by atoms with van der Waals surface area (Å²) in [5, 5.41) is 10.9. The highest BCUT2D eigenvalue weighted by Gasteiger charge is 2.20. The number of rotatable bonds is 8. The Kier molecular flexibility index (Phi) is 5.78. The predicted molar refractivity (Wildman–Crippen MR) is 68.4 cm³/mol. The van der Waals surface area contributed by atoms with E-state index >= 15 is 0 Å². The number of carbonyl (C=O) groups is 3. The minimum Gasteiger partial charge on any atom is -0.480 e. The second-order valence-corrected chi connectivity index (χ2v) is 4.63. The number of carboxylic acid groups (broad SMARTS) is 1. The lowest BCUT2D eigenvalue weighted by molar-refractivity contribution is -0.146. The van der Waals surface area contributed by atoms with Crippen LogP contribution < -0.4 is 5.32 Å². The molecule has 0 aliphatic heterocycles. The molecular weight excluding hydrogens is 258 g/mol. The summed E-state index contributed by atoms with van der Waals surface area (Å²) in [6, 6.07) is -1.32. The van der Waals surface area contributed by atoms with Gasteiger partial charge in [0.05, 0.1) is 12.5 Å². The van der Waals surface area contributed by atoms with E-state index in [1.165, 1.54) is 0 Å². The van der Waals surface area contributed by atoms with Crippen LogP contribution in [0.15, 0.2) is 0 Å². The molecule has 0 spiro atoms. The molecule has 0 aliphatic carbocycles. The summed E-state index contributed by atoms with van der Waals surface area (Å²) in [6.07, 6.45) is 0. The quantitative estimate of drug-likeness (QED) is 0.629. The second kappa shape index (κ2) is 8.79. The molecule has 0 saturated heterocycles. The lowest BCUT2D eigenvalue weighted by atomic mass is 10.2. The topological polar surface area (TPSA) is 92.7 Å². The predicted octanol–water partition coefficient (Wildman–Crippen LogP) is 0.508. The van der Waals surface area contributed by atoms with Gasteiger partial charge in [0.2, 0.25) is 5.91 Å². The average molecular weight is 280 g/mol. The van der Waals surface area contributed by atoms with Crippen LogP contribution in [-0.2, 0) is 19.1 Å². The molecule has 2 N–H and O–H groups in total. The lowest BCUT2D eigenvalue weighted by Crippen LogP contribution is -2.41. The Morgan fingerprint density at radius 1 is 1.44 bits per heavy atom. The highest BCUT2D eigenvalue weighted by molar-refractivity contribution is 7.99. The van der Waals surface area contributed by atoms with Crippen molar-refractivity contribution in [1.82, 2.24) is 5.32 Å². The number of aliphatic carboxylic acids is 1. The van der Waals surface area contributed by atoms with Gasteiger partial charge in [0.15, 0.2) is 0 Å². The van der Waals surface area contributed by atoms with E-state index in [0.717, 1.165) is 11.8 Å². The zero-order valence-electron chi connectivity index (χ0n) is 13.3. The Morgan fingerprint density at radius 3 is 2.61 bits per heavy atom. The molecule has 0 bridgehead atoms. The lowest BCUT2D eigenvalue weighted by Gasteiger charge is -2.14. The van der Waals surface area contributed by atoms with Crippen LogP contribution in [0.1, 0.15) is 24.8 Å². The fourth-order valence-electron chi connectivity index (χ4n) is 1.05. The SMILES string of the molecule is [2H]C([2H])([2H])C(=O)N[C@@H](CSCC(C)C(=O)OCC)C(=O)O. The van der Waals surface area contributed by atoms with Crippen molar-refractivity contribution in [3.8, 4) is 0 Å². The van der Waals surface area contributed by atoms with E-state index in [0.29, 0.717) is 5.75 Å². The van der Waals surface area contributed by atoms with Crippen molar-refractivity contribution in [2.75, 3.05) is 18.1 Å². The van der Waals surface area contributed by atoms with Crippen LogP contribution in [0.5, 0.6) is 0 Å². The van der Waals surface area contributed by atoms with Gasteiger partial charge >= 0.3 is 11.9 Å². The third-order valence-corrected chi connectivity index (χ3v) is 3.25. The normalized spacial score (nSPS) is 16.7. The Morgan fingerprint density at radius 2 is 2.11 bits per heavy atom. The first kappa shape index (κ1) is 11.8. The van der Waals surface area contributed by atoms with Crippen molar-refractivity contribution >= 4 is 29.6 Å². The fourth-order valence-corrected chi connectivity index (χ4v) is 2.14. The Labute approximate surface area is 115 Å². The number of amides is 1. The molecule has 1 unspecified atom stereocenters. The van der Waals surface area contributed by atoms with Crippen LogP contribution in [-0.4, -0.2) is 47.1 Å². The summed E-state index contributed by atoms with van der Waals surface area (Å²) in [6.45, 7) is 0.696. The van der Waals surface area contributed by atoms with E-state index in [1.54, 1.807) is 13.8 Å². The van der Waals surface area contributed by atoms with Gasteiger partial charge in [0.25, 0.3) is 0 Å². The zero-order valence-corrected chi connectivity index (χ0v) is 11.1. The van der Waals surface area contributed by atoms with Gasteiger partial charge in [-0.3, -0.25) is 9.59 Å². The second-order valence-electron chi connectivity index (χ2n) is 3.55. The van der Waals surface area contributed by atoms with Gasteiger partial charge in [-0.15, -0.1) is 0 Å². The fraction of sp³-hybridized carbons (Fsp3) is 0.727. The number of thioether (sulfide) groups is 1. The summed E-state index contributed by atoms with van der Waals surface area (Å²) >= 11 is 1.12. The number of carboxylic acids is 1. The minimum atomic E-state index is -2.89. The zero-order chi connectivity index (χ0) is 16.6. The first-order chi connectivity index (χ1) is 9.59. The van der Waals surface area contributed by atoms with E-state index < -0.39 is 30.7 Å². The maximum absolute atomic E-state index is 11.4. The number of esters is 1. The number of carbonyl (C=O) groups excluding carboxylic acids is 2. The van der Waals surface area contributed by atoms with Gasteiger partial charge < -0.3 is 15.2 Å². The number of hydrogen-bond donors (Lipinski definition) is 2. The Hall–Kier alpha value is -1.24. The number of ether oxygens (including phenoxy) is 1. The Balaban J connectivity index is 4.33. The van der Waals surface area contributed by atoms with E-state index in [9.17, 15) is 14.4 Å². The van der Waals surface area contributed by atoms with Gasteiger partial charge in [-0.25, -0.2) is 4.79 Å². The summed E-state index contributed by atoms with van der Waals surface area (Å²) in [7, 11) is 0. The molecule has 7 heteroatoms. The van der Waals surface area contributed by atoms with Crippen molar-refractivity contribution in [3.63, 3.8) is 0 Å². The van der Waals surface area contributed by atoms with Crippen molar-refractivity contribution in [3.05, 3.63) is 0 Å². The molecule has 0 aromatic heterocycles. The highest BCUT2D eigenvalue weighted by Crippen LogP contribution is 2.11. The van der Waals surface area contributed by atoms with Crippen molar-refractivity contribution in [1.29, 1.82) is 0 Å². The van der Waals surface area contributed by atoms with Gasteiger partial charge in [-0.2, -0.15) is 11.8 Å². The maximum atomic E-state index is 11.4. The first-order valence-electron chi connectivity index (χ1n) is 6.87. The van der Waals surface area contributed by atoms with E-state index in [2.05, 4.69) is 0 Å². The largest absolute Gasteiger partial charge is 0.480 e. The standard InChI is InChI=1S/C11H19NO5S/c1-4-17-11(16)7(2)5-18-6-9(10(14)15)12-8(3)13/h7,9H,4-6H2,1-3H3,(H,12,13)(H,14,15)/t7?,9-/m0/s1/i3D3. The molecule has 0 fully saturated rings. The van der Waals surface area contributed by atoms with Crippen LogP contribution in [0.25, 0.3) is 0 Å². The molecule has 104 valence electrons. The van der Waals surface area contributed by atoms with Crippen LogP contribution in [0.3, 0.4) is 0 Å². The molecule has 0 aromatic rings. The van der Waals surface area contributed by atoms with Gasteiger partial charge in [0, 0.05) is 22.5 Å². The first-order valence-corrected chi connectivity index (χ1v) is 6.53. The van der Waals surface area contributed by atoms with Crippen LogP contribution >= 0.6 is 11.8 Å². The molecule has 0 radical (unpaired) electrons. The molecule has 0 rings (SSSR count). The molecule has 2 atom stereocenters. The van der Waals surface area contributed by atoms with Gasteiger partial charge in [0.1, 0.15) is 6.04 Å². The highest BCUT2D eigenvalue weighted by atomic mass is 32.2. The molecule has 18 heavy (non-hydrogen) atoms. The van der Waals surface area contributed by atoms with Crippen LogP contribution in [0.4, 0.5) is 0 Å².